The molecule has 0 saturated carbocycles. The van der Waals surface area contributed by atoms with Gasteiger partial charge in [-0.1, -0.05) is 11.6 Å². The Morgan fingerprint density at radius 2 is 1.90 bits per heavy atom. The van der Waals surface area contributed by atoms with Crippen LogP contribution in [0.4, 0.5) is 0 Å². The van der Waals surface area contributed by atoms with Gasteiger partial charge in [-0.2, -0.15) is 0 Å². The monoisotopic (exact) mass is 538 g/mol. The molecule has 2 rings (SSSR count). The van der Waals surface area contributed by atoms with E-state index in [0.717, 1.165) is 12.0 Å². The number of carbonyl (C=O) groups excluding carboxylic acids is 1. The first-order valence-corrected chi connectivity index (χ1v) is 10.2. The molecule has 1 aromatic carbocycles. The molecule has 1 N–H and O–H groups in total. The fourth-order valence-electron chi connectivity index (χ4n) is 2.97. The van der Waals surface area contributed by atoms with Crippen molar-refractivity contribution in [3.63, 3.8) is 0 Å². The number of amides is 1. The number of likely N-dealkylation sites (N-methyl/N-ethyl adjacent to an activating group) is 2. The zero-order valence-corrected chi connectivity index (χ0v) is 20.8. The summed E-state index contributed by atoms with van der Waals surface area (Å²) >= 11 is 6.36. The van der Waals surface area contributed by atoms with Gasteiger partial charge >= 0.3 is 0 Å². The summed E-state index contributed by atoms with van der Waals surface area (Å²) in [6.45, 7) is 9.97. The van der Waals surface area contributed by atoms with Crippen LogP contribution in [0.5, 0.6) is 11.5 Å². The second kappa shape index (κ2) is 13.0. The molecule has 164 valence electrons. The number of benzene rings is 1. The highest BCUT2D eigenvalue weighted by molar-refractivity contribution is 14.0. The minimum atomic E-state index is 0. The number of hydrogen-bond donors (Lipinski definition) is 1. The van der Waals surface area contributed by atoms with Crippen LogP contribution in [-0.2, 0) is 11.3 Å². The fourth-order valence-corrected chi connectivity index (χ4v) is 3.25. The van der Waals surface area contributed by atoms with Crippen molar-refractivity contribution >= 4 is 47.4 Å². The van der Waals surface area contributed by atoms with Crippen molar-refractivity contribution in [2.24, 2.45) is 4.99 Å². The van der Waals surface area contributed by atoms with E-state index < -0.39 is 0 Å². The van der Waals surface area contributed by atoms with Gasteiger partial charge in [0.25, 0.3) is 0 Å². The van der Waals surface area contributed by atoms with Crippen molar-refractivity contribution in [1.29, 1.82) is 0 Å². The Kier molecular flexibility index (Phi) is 11.5. The van der Waals surface area contributed by atoms with Crippen LogP contribution in [-0.4, -0.2) is 68.1 Å². The van der Waals surface area contributed by atoms with Crippen LogP contribution in [0.1, 0.15) is 32.8 Å². The Labute approximate surface area is 195 Å². The number of carbonyl (C=O) groups is 1. The summed E-state index contributed by atoms with van der Waals surface area (Å²) in [5.74, 6) is 2.01. The lowest BCUT2D eigenvalue weighted by Gasteiger charge is -2.25. The number of guanidine groups is 1. The lowest BCUT2D eigenvalue weighted by molar-refractivity contribution is -0.131. The minimum absolute atomic E-state index is 0. The van der Waals surface area contributed by atoms with E-state index in [4.69, 9.17) is 21.1 Å². The maximum atomic E-state index is 12.4. The summed E-state index contributed by atoms with van der Waals surface area (Å²) < 4.78 is 11.4. The van der Waals surface area contributed by atoms with Gasteiger partial charge in [0.1, 0.15) is 0 Å². The summed E-state index contributed by atoms with van der Waals surface area (Å²) in [5, 5.41) is 3.76. The molecule has 0 spiro atoms. The van der Waals surface area contributed by atoms with Gasteiger partial charge in [0, 0.05) is 33.1 Å². The van der Waals surface area contributed by atoms with E-state index >= 15 is 0 Å². The fraction of sp³-hybridized carbons (Fsp3) is 0.600. The Bertz CT molecular complexity index is 699. The number of hydrogen-bond acceptors (Lipinski definition) is 4. The molecule has 1 heterocycles. The molecule has 1 amide bonds. The lowest BCUT2D eigenvalue weighted by Crippen LogP contribution is -2.45. The first-order chi connectivity index (χ1) is 13.5. The first kappa shape index (κ1) is 25.6. The molecule has 29 heavy (non-hydrogen) atoms. The Morgan fingerprint density at radius 1 is 1.21 bits per heavy atom. The number of nitrogens with one attached hydrogen (secondary N) is 1. The van der Waals surface area contributed by atoms with Crippen molar-refractivity contribution in [1.82, 2.24) is 15.1 Å². The molecule has 7 nitrogen and oxygen atoms in total. The zero-order valence-electron chi connectivity index (χ0n) is 17.7. The van der Waals surface area contributed by atoms with Gasteiger partial charge in [-0.25, -0.2) is 4.99 Å². The van der Waals surface area contributed by atoms with E-state index in [-0.39, 0.29) is 36.4 Å². The number of rotatable bonds is 7. The average molecular weight is 539 g/mol. The summed E-state index contributed by atoms with van der Waals surface area (Å²) in [7, 11) is 1.86. The number of aliphatic imine (C=N–C) groups is 1. The molecule has 0 fully saturated rings. The Hall–Kier alpha value is -1.42. The van der Waals surface area contributed by atoms with Crippen molar-refractivity contribution in [2.75, 3.05) is 46.4 Å². The summed E-state index contributed by atoms with van der Waals surface area (Å²) in [4.78, 5) is 20.7. The maximum Gasteiger partial charge on any atom is 0.242 e. The average Bonchev–Trinajstić information content (AvgIpc) is 2.92. The number of ether oxygens (including phenoxy) is 2. The largest absolute Gasteiger partial charge is 0.489 e. The number of halogens is 2. The smallest absolute Gasteiger partial charge is 0.242 e. The van der Waals surface area contributed by atoms with E-state index in [1.807, 2.05) is 49.8 Å². The van der Waals surface area contributed by atoms with Crippen LogP contribution in [0, 0.1) is 0 Å². The van der Waals surface area contributed by atoms with Gasteiger partial charge in [0.15, 0.2) is 17.5 Å². The molecule has 0 saturated heterocycles. The highest BCUT2D eigenvalue weighted by atomic mass is 127. The molecule has 0 atom stereocenters. The van der Waals surface area contributed by atoms with Crippen LogP contribution in [0.25, 0.3) is 0 Å². The van der Waals surface area contributed by atoms with Crippen LogP contribution >= 0.6 is 35.6 Å². The first-order valence-electron chi connectivity index (χ1n) is 9.85. The quantitative estimate of drug-likeness (QED) is 0.328. The standard InChI is InChI=1S/C20H31ClN4O3.HI/c1-5-22-20(24(4)14-18(26)25(6-2)7-3)23-13-15-11-16(21)19-17(12-15)27-9-8-10-28-19;/h11-12H,5-10,13-14H2,1-4H3,(H,22,23);1H. The van der Waals surface area contributed by atoms with E-state index in [1.165, 1.54) is 0 Å². The van der Waals surface area contributed by atoms with E-state index in [1.54, 1.807) is 0 Å². The molecule has 9 heteroatoms. The molecule has 0 bridgehead atoms. The Morgan fingerprint density at radius 3 is 2.55 bits per heavy atom. The van der Waals surface area contributed by atoms with Crippen LogP contribution < -0.4 is 14.8 Å². The van der Waals surface area contributed by atoms with Crippen LogP contribution in [0.3, 0.4) is 0 Å². The van der Waals surface area contributed by atoms with Gasteiger partial charge < -0.3 is 24.6 Å². The molecule has 1 aliphatic rings. The highest BCUT2D eigenvalue weighted by Gasteiger charge is 2.17. The highest BCUT2D eigenvalue weighted by Crippen LogP contribution is 2.38. The van der Waals surface area contributed by atoms with Crippen LogP contribution in [0.2, 0.25) is 5.02 Å². The lowest BCUT2D eigenvalue weighted by atomic mass is 10.2. The predicted octanol–water partition coefficient (Wildman–Crippen LogP) is 3.39. The number of fused-ring (bicyclic) bond motifs is 1. The molecule has 1 aliphatic heterocycles. The summed E-state index contributed by atoms with van der Waals surface area (Å²) in [5.41, 5.74) is 0.924. The molecule has 0 unspecified atom stereocenters. The SMILES string of the molecule is CCNC(=NCc1cc(Cl)c2c(c1)OCCCO2)N(C)CC(=O)N(CC)CC.I. The van der Waals surface area contributed by atoms with Crippen molar-refractivity contribution in [2.45, 2.75) is 33.7 Å². The van der Waals surface area contributed by atoms with Crippen molar-refractivity contribution in [3.05, 3.63) is 22.7 Å². The molecular weight excluding hydrogens is 507 g/mol. The Balaban J connectivity index is 0.00000420. The van der Waals surface area contributed by atoms with Gasteiger partial charge in [0.05, 0.1) is 31.3 Å². The van der Waals surface area contributed by atoms with Gasteiger partial charge in [0.2, 0.25) is 5.91 Å². The molecule has 0 radical (unpaired) electrons. The van der Waals surface area contributed by atoms with E-state index in [9.17, 15) is 4.79 Å². The van der Waals surface area contributed by atoms with Gasteiger partial charge in [-0.05, 0) is 38.5 Å². The molecular formula is C20H32ClIN4O3. The van der Waals surface area contributed by atoms with E-state index in [0.29, 0.717) is 61.9 Å². The molecule has 0 aromatic heterocycles. The number of nitrogens with zero attached hydrogens (tertiary/aromatic N) is 3. The van der Waals surface area contributed by atoms with Gasteiger partial charge in [-0.3, -0.25) is 4.79 Å². The van der Waals surface area contributed by atoms with Gasteiger partial charge in [-0.15, -0.1) is 24.0 Å². The second-order valence-corrected chi connectivity index (χ2v) is 6.95. The van der Waals surface area contributed by atoms with Crippen molar-refractivity contribution < 1.29 is 14.3 Å². The third-order valence-electron chi connectivity index (χ3n) is 4.46. The normalized spacial score (nSPS) is 13.2. The van der Waals surface area contributed by atoms with Crippen LogP contribution in [0.15, 0.2) is 17.1 Å². The maximum absolute atomic E-state index is 12.4. The third kappa shape index (κ3) is 7.40. The van der Waals surface area contributed by atoms with Crippen molar-refractivity contribution in [3.8, 4) is 11.5 Å². The minimum Gasteiger partial charge on any atom is -0.489 e. The summed E-state index contributed by atoms with van der Waals surface area (Å²) in [6.07, 6.45) is 0.828. The predicted molar refractivity (Wildman–Crippen MR) is 128 cm³/mol. The molecule has 0 aliphatic carbocycles. The topological polar surface area (TPSA) is 66.4 Å². The summed E-state index contributed by atoms with van der Waals surface area (Å²) in [6, 6.07) is 3.77. The second-order valence-electron chi connectivity index (χ2n) is 6.55. The van der Waals surface area contributed by atoms with E-state index in [2.05, 4.69) is 10.3 Å². The third-order valence-corrected chi connectivity index (χ3v) is 4.74. The zero-order chi connectivity index (χ0) is 20.5. The molecule has 1 aromatic rings.